The van der Waals surface area contributed by atoms with Gasteiger partial charge in [0.25, 0.3) is 10.0 Å². The third-order valence-electron chi connectivity index (χ3n) is 4.84. The summed E-state index contributed by atoms with van der Waals surface area (Å²) in [5.41, 5.74) is 1.60. The number of amides is 1. The largest absolute Gasteiger partial charge is 0.486 e. The maximum atomic E-state index is 13.4. The van der Waals surface area contributed by atoms with Crippen LogP contribution < -0.4 is 19.1 Å². The van der Waals surface area contributed by atoms with Crippen molar-refractivity contribution in [2.24, 2.45) is 0 Å². The van der Waals surface area contributed by atoms with Gasteiger partial charge in [0.05, 0.1) is 15.6 Å². The number of ether oxygens (including phenoxy) is 2. The summed E-state index contributed by atoms with van der Waals surface area (Å²) < 4.78 is 38.9. The zero-order valence-electron chi connectivity index (χ0n) is 17.2. The maximum Gasteiger partial charge on any atom is 0.264 e. The van der Waals surface area contributed by atoms with E-state index in [0.717, 1.165) is 9.87 Å². The van der Waals surface area contributed by atoms with Crippen LogP contribution in [0, 0.1) is 6.92 Å². The number of para-hydroxylation sites is 1. The van der Waals surface area contributed by atoms with Gasteiger partial charge < -0.3 is 14.8 Å². The lowest BCUT2D eigenvalue weighted by Crippen LogP contribution is -2.38. The fourth-order valence-corrected chi connectivity index (χ4v) is 4.97. The molecule has 1 aliphatic rings. The molecule has 0 unspecified atom stereocenters. The van der Waals surface area contributed by atoms with Gasteiger partial charge in [0.1, 0.15) is 19.8 Å². The molecule has 0 fully saturated rings. The molecule has 0 aliphatic carbocycles. The molecule has 166 valence electrons. The van der Waals surface area contributed by atoms with Crippen LogP contribution in [0.2, 0.25) is 5.02 Å². The van der Waals surface area contributed by atoms with Crippen LogP contribution in [0.3, 0.4) is 0 Å². The summed E-state index contributed by atoms with van der Waals surface area (Å²) in [4.78, 5) is 12.9. The first-order valence-corrected chi connectivity index (χ1v) is 11.7. The number of halogens is 1. The highest BCUT2D eigenvalue weighted by molar-refractivity contribution is 7.92. The molecule has 1 amide bonds. The molecule has 7 nitrogen and oxygen atoms in total. The topological polar surface area (TPSA) is 84.9 Å². The van der Waals surface area contributed by atoms with E-state index in [0.29, 0.717) is 30.4 Å². The Kier molecular flexibility index (Phi) is 6.25. The monoisotopic (exact) mass is 472 g/mol. The normalized spacial score (nSPS) is 12.8. The van der Waals surface area contributed by atoms with Crippen LogP contribution in [0.25, 0.3) is 0 Å². The summed E-state index contributed by atoms with van der Waals surface area (Å²) in [5, 5.41) is 2.94. The average molecular weight is 473 g/mol. The van der Waals surface area contributed by atoms with Crippen molar-refractivity contribution >= 4 is 38.9 Å². The second-order valence-corrected chi connectivity index (χ2v) is 9.45. The zero-order valence-corrected chi connectivity index (χ0v) is 18.8. The third kappa shape index (κ3) is 4.66. The number of hydrogen-bond acceptors (Lipinski definition) is 5. The number of rotatable bonds is 6. The summed E-state index contributed by atoms with van der Waals surface area (Å²) in [6.45, 7) is 2.28. The van der Waals surface area contributed by atoms with Gasteiger partial charge >= 0.3 is 0 Å². The number of benzene rings is 3. The molecule has 1 heterocycles. The van der Waals surface area contributed by atoms with Crippen LogP contribution in [0.1, 0.15) is 5.56 Å². The predicted molar refractivity (Wildman–Crippen MR) is 123 cm³/mol. The predicted octanol–water partition coefficient (Wildman–Crippen LogP) is 4.25. The number of aryl methyl sites for hydroxylation is 1. The van der Waals surface area contributed by atoms with E-state index in [1.54, 1.807) is 54.6 Å². The van der Waals surface area contributed by atoms with E-state index >= 15 is 0 Å². The second-order valence-electron chi connectivity index (χ2n) is 7.18. The molecule has 0 spiro atoms. The minimum Gasteiger partial charge on any atom is -0.486 e. The quantitative estimate of drug-likeness (QED) is 0.579. The fourth-order valence-electron chi connectivity index (χ4n) is 3.24. The van der Waals surface area contributed by atoms with Gasteiger partial charge in [-0.25, -0.2) is 8.42 Å². The summed E-state index contributed by atoms with van der Waals surface area (Å²) in [6, 6.07) is 17.9. The highest BCUT2D eigenvalue weighted by Crippen LogP contribution is 2.33. The lowest BCUT2D eigenvalue weighted by Gasteiger charge is -2.25. The van der Waals surface area contributed by atoms with Gasteiger partial charge in [0, 0.05) is 11.8 Å². The van der Waals surface area contributed by atoms with Gasteiger partial charge in [-0.1, -0.05) is 41.4 Å². The van der Waals surface area contributed by atoms with Gasteiger partial charge in [-0.3, -0.25) is 9.10 Å². The van der Waals surface area contributed by atoms with E-state index in [-0.39, 0.29) is 15.6 Å². The van der Waals surface area contributed by atoms with Crippen molar-refractivity contribution in [2.75, 3.05) is 29.4 Å². The number of nitrogens with one attached hydrogen (secondary N) is 1. The minimum atomic E-state index is -4.05. The Balaban J connectivity index is 1.63. The van der Waals surface area contributed by atoms with Gasteiger partial charge in [-0.05, 0) is 43.3 Å². The summed E-state index contributed by atoms with van der Waals surface area (Å²) in [7, 11) is -4.05. The zero-order chi connectivity index (χ0) is 22.7. The smallest absolute Gasteiger partial charge is 0.264 e. The van der Waals surface area contributed by atoms with Crippen LogP contribution in [0.5, 0.6) is 11.5 Å². The molecule has 3 aromatic carbocycles. The number of carbonyl (C=O) groups excluding carboxylic acids is 1. The number of carbonyl (C=O) groups is 1. The van der Waals surface area contributed by atoms with E-state index in [1.807, 2.05) is 6.92 Å². The minimum absolute atomic E-state index is 0.0650. The maximum absolute atomic E-state index is 13.4. The molecule has 0 saturated heterocycles. The van der Waals surface area contributed by atoms with Crippen LogP contribution in [0.15, 0.2) is 71.6 Å². The Hall–Kier alpha value is -3.23. The summed E-state index contributed by atoms with van der Waals surface area (Å²) in [5.74, 6) is 0.579. The second kappa shape index (κ2) is 9.10. The molecule has 0 bridgehead atoms. The molecule has 9 heteroatoms. The number of sulfonamides is 1. The Morgan fingerprint density at radius 3 is 2.41 bits per heavy atom. The summed E-state index contributed by atoms with van der Waals surface area (Å²) >= 11 is 6.29. The molecule has 1 aliphatic heterocycles. The van der Waals surface area contributed by atoms with Crippen LogP contribution >= 0.6 is 11.6 Å². The SMILES string of the molecule is Cc1ccc(S(=O)(=O)N(CC(=O)Nc2ccc3c(c2)OCCO3)c2ccccc2Cl)cc1. The molecule has 0 atom stereocenters. The van der Waals surface area contributed by atoms with Gasteiger partial charge in [0.2, 0.25) is 5.91 Å². The molecule has 0 radical (unpaired) electrons. The van der Waals surface area contributed by atoms with Crippen molar-refractivity contribution in [3.8, 4) is 11.5 Å². The molecule has 0 saturated carbocycles. The van der Waals surface area contributed by atoms with Crippen molar-refractivity contribution in [3.63, 3.8) is 0 Å². The van der Waals surface area contributed by atoms with Gasteiger partial charge in [0.15, 0.2) is 11.5 Å². The first-order chi connectivity index (χ1) is 15.3. The van der Waals surface area contributed by atoms with Crippen molar-refractivity contribution < 1.29 is 22.7 Å². The van der Waals surface area contributed by atoms with E-state index in [2.05, 4.69) is 5.32 Å². The Morgan fingerprint density at radius 2 is 1.69 bits per heavy atom. The van der Waals surface area contributed by atoms with E-state index < -0.39 is 22.5 Å². The Labute approximate surface area is 191 Å². The molecule has 1 N–H and O–H groups in total. The van der Waals surface area contributed by atoms with Crippen LogP contribution in [-0.4, -0.2) is 34.1 Å². The third-order valence-corrected chi connectivity index (χ3v) is 6.94. The molecule has 3 aromatic rings. The van der Waals surface area contributed by atoms with Gasteiger partial charge in [-0.15, -0.1) is 0 Å². The summed E-state index contributed by atoms with van der Waals surface area (Å²) in [6.07, 6.45) is 0. The molecule has 0 aromatic heterocycles. The van der Waals surface area contributed by atoms with E-state index in [1.165, 1.54) is 12.1 Å². The first-order valence-electron chi connectivity index (χ1n) is 9.88. The number of hydrogen-bond donors (Lipinski definition) is 1. The first kappa shape index (κ1) is 22.0. The highest BCUT2D eigenvalue weighted by atomic mass is 35.5. The molecule has 4 rings (SSSR count). The van der Waals surface area contributed by atoms with Crippen LogP contribution in [-0.2, 0) is 14.8 Å². The van der Waals surface area contributed by atoms with Crippen LogP contribution in [0.4, 0.5) is 11.4 Å². The number of anilines is 2. The Morgan fingerprint density at radius 1 is 1.00 bits per heavy atom. The molecule has 32 heavy (non-hydrogen) atoms. The van der Waals surface area contributed by atoms with Crippen molar-refractivity contribution in [3.05, 3.63) is 77.3 Å². The molecular formula is C23H21ClN2O5S. The number of fused-ring (bicyclic) bond motifs is 1. The van der Waals surface area contributed by atoms with Gasteiger partial charge in [-0.2, -0.15) is 0 Å². The standard InChI is InChI=1S/C23H21ClN2O5S/c1-16-6-9-18(10-7-16)32(28,29)26(20-5-3-2-4-19(20)24)15-23(27)25-17-8-11-21-22(14-17)31-13-12-30-21/h2-11,14H,12-13,15H2,1H3,(H,25,27). The van der Waals surface area contributed by atoms with E-state index in [4.69, 9.17) is 21.1 Å². The molecular weight excluding hydrogens is 452 g/mol. The van der Waals surface area contributed by atoms with Crippen molar-refractivity contribution in [1.29, 1.82) is 0 Å². The lowest BCUT2D eigenvalue weighted by molar-refractivity contribution is -0.114. The number of nitrogens with zero attached hydrogens (tertiary/aromatic N) is 1. The fraction of sp³-hybridized carbons (Fsp3) is 0.174. The highest BCUT2D eigenvalue weighted by Gasteiger charge is 2.28. The van der Waals surface area contributed by atoms with E-state index in [9.17, 15) is 13.2 Å². The lowest BCUT2D eigenvalue weighted by atomic mass is 10.2. The average Bonchev–Trinajstić information content (AvgIpc) is 2.78. The van der Waals surface area contributed by atoms with Crippen molar-refractivity contribution in [2.45, 2.75) is 11.8 Å². The van der Waals surface area contributed by atoms with Crippen molar-refractivity contribution in [1.82, 2.24) is 0 Å². The Bertz CT molecular complexity index is 1250.